The van der Waals surface area contributed by atoms with Crippen LogP contribution in [0.4, 0.5) is 4.39 Å². The number of carbonyl (C=O) groups excluding carboxylic acids is 1. The molecule has 120 valence electrons. The number of hydrogen-bond donors (Lipinski definition) is 2. The standard InChI is InChI=1S/C16H20FNO4/c1-16(2,3)22-15(21)11(9-13(18)14(19)20)7-10-5-4-6-12(17)8-10/h4-6,8,11,18H,7,9H2,1-3H3,(H,19,20). The maximum absolute atomic E-state index is 13.2. The lowest BCUT2D eigenvalue weighted by atomic mass is 9.93. The van der Waals surface area contributed by atoms with Crippen LogP contribution in [0, 0.1) is 17.1 Å². The van der Waals surface area contributed by atoms with Crippen molar-refractivity contribution < 1.29 is 23.8 Å². The average molecular weight is 309 g/mol. The number of benzene rings is 1. The lowest BCUT2D eigenvalue weighted by Gasteiger charge is -2.24. The number of rotatable bonds is 6. The van der Waals surface area contributed by atoms with Gasteiger partial charge in [-0.15, -0.1) is 0 Å². The lowest BCUT2D eigenvalue weighted by Crippen LogP contribution is -2.32. The van der Waals surface area contributed by atoms with Gasteiger partial charge in [-0.05, 0) is 44.9 Å². The molecule has 0 radical (unpaired) electrons. The largest absolute Gasteiger partial charge is 0.477 e. The van der Waals surface area contributed by atoms with Crippen molar-refractivity contribution in [2.24, 2.45) is 5.92 Å². The second-order valence-corrected chi connectivity index (χ2v) is 6.05. The number of halogens is 1. The van der Waals surface area contributed by atoms with Crippen molar-refractivity contribution in [3.8, 4) is 0 Å². The van der Waals surface area contributed by atoms with Gasteiger partial charge in [0.25, 0.3) is 0 Å². The minimum absolute atomic E-state index is 0.113. The molecule has 0 fully saturated rings. The summed E-state index contributed by atoms with van der Waals surface area (Å²) in [7, 11) is 0. The molecule has 6 heteroatoms. The van der Waals surface area contributed by atoms with Gasteiger partial charge in [0.05, 0.1) is 5.92 Å². The van der Waals surface area contributed by atoms with E-state index in [-0.39, 0.29) is 12.8 Å². The monoisotopic (exact) mass is 309 g/mol. The molecule has 0 saturated carbocycles. The summed E-state index contributed by atoms with van der Waals surface area (Å²) in [4.78, 5) is 23.0. The van der Waals surface area contributed by atoms with E-state index in [1.54, 1.807) is 26.8 Å². The number of nitrogens with one attached hydrogen (secondary N) is 1. The van der Waals surface area contributed by atoms with Crippen LogP contribution < -0.4 is 0 Å². The number of esters is 1. The Morgan fingerprint density at radius 2 is 2.00 bits per heavy atom. The molecule has 0 bridgehead atoms. The van der Waals surface area contributed by atoms with Crippen molar-refractivity contribution in [3.63, 3.8) is 0 Å². The molecule has 0 spiro atoms. The minimum Gasteiger partial charge on any atom is -0.477 e. The van der Waals surface area contributed by atoms with Crippen LogP contribution in [0.5, 0.6) is 0 Å². The van der Waals surface area contributed by atoms with Crippen LogP contribution in [0.25, 0.3) is 0 Å². The predicted molar refractivity (Wildman–Crippen MR) is 79.4 cm³/mol. The zero-order valence-electron chi connectivity index (χ0n) is 12.9. The molecule has 1 atom stereocenters. The van der Waals surface area contributed by atoms with Crippen LogP contribution in [-0.2, 0) is 20.7 Å². The first kappa shape index (κ1) is 17.8. The van der Waals surface area contributed by atoms with Crippen LogP contribution in [0.15, 0.2) is 24.3 Å². The van der Waals surface area contributed by atoms with Gasteiger partial charge >= 0.3 is 11.9 Å². The molecule has 0 amide bonds. The number of hydrogen-bond acceptors (Lipinski definition) is 4. The number of ether oxygens (including phenoxy) is 1. The summed E-state index contributed by atoms with van der Waals surface area (Å²) < 4.78 is 18.5. The molecule has 0 aromatic heterocycles. The van der Waals surface area contributed by atoms with E-state index in [0.717, 1.165) is 0 Å². The molecule has 1 rings (SSSR count). The summed E-state index contributed by atoms with van der Waals surface area (Å²) in [6, 6.07) is 5.72. The maximum Gasteiger partial charge on any atom is 0.349 e. The number of carbonyl (C=O) groups is 2. The average Bonchev–Trinajstić information content (AvgIpc) is 2.35. The van der Waals surface area contributed by atoms with Gasteiger partial charge < -0.3 is 9.84 Å². The summed E-state index contributed by atoms with van der Waals surface area (Å²) in [6.07, 6.45) is -0.150. The van der Waals surface area contributed by atoms with Gasteiger partial charge in [-0.3, -0.25) is 10.2 Å². The first-order valence-corrected chi connectivity index (χ1v) is 6.86. The van der Waals surface area contributed by atoms with Crippen LogP contribution >= 0.6 is 0 Å². The highest BCUT2D eigenvalue weighted by Gasteiger charge is 2.28. The van der Waals surface area contributed by atoms with Crippen molar-refractivity contribution in [1.29, 1.82) is 5.41 Å². The molecule has 5 nitrogen and oxygen atoms in total. The minimum atomic E-state index is -1.38. The van der Waals surface area contributed by atoms with Gasteiger partial charge in [0, 0.05) is 6.42 Å². The van der Waals surface area contributed by atoms with Gasteiger partial charge in [0.1, 0.15) is 17.1 Å². The van der Waals surface area contributed by atoms with Crippen molar-refractivity contribution in [1.82, 2.24) is 0 Å². The zero-order valence-corrected chi connectivity index (χ0v) is 12.9. The molecule has 0 aliphatic carbocycles. The molecule has 1 aromatic carbocycles. The van der Waals surface area contributed by atoms with Crippen LogP contribution in [0.1, 0.15) is 32.8 Å². The van der Waals surface area contributed by atoms with Crippen molar-refractivity contribution >= 4 is 17.7 Å². The second kappa shape index (κ2) is 7.15. The van der Waals surface area contributed by atoms with Crippen molar-refractivity contribution in [2.75, 3.05) is 0 Å². The number of carboxylic acids is 1. The van der Waals surface area contributed by atoms with E-state index in [9.17, 15) is 14.0 Å². The number of carboxylic acid groups (broad SMARTS) is 1. The van der Waals surface area contributed by atoms with E-state index in [1.165, 1.54) is 18.2 Å². The molecule has 1 aromatic rings. The topological polar surface area (TPSA) is 87.5 Å². The normalized spacial score (nSPS) is 12.5. The van der Waals surface area contributed by atoms with Gasteiger partial charge in [-0.2, -0.15) is 0 Å². The number of aliphatic carboxylic acids is 1. The van der Waals surface area contributed by atoms with E-state index < -0.39 is 35.0 Å². The maximum atomic E-state index is 13.2. The Kier molecular flexibility index (Phi) is 5.79. The second-order valence-electron chi connectivity index (χ2n) is 6.05. The highest BCUT2D eigenvalue weighted by Crippen LogP contribution is 2.19. The fourth-order valence-corrected chi connectivity index (χ4v) is 1.91. The van der Waals surface area contributed by atoms with Crippen LogP contribution in [-0.4, -0.2) is 28.4 Å². The fourth-order valence-electron chi connectivity index (χ4n) is 1.91. The Balaban J connectivity index is 2.92. The smallest absolute Gasteiger partial charge is 0.349 e. The Labute approximate surface area is 128 Å². The predicted octanol–water partition coefficient (Wildman–Crippen LogP) is 2.82. The Bertz CT molecular complexity index is 578. The van der Waals surface area contributed by atoms with Gasteiger partial charge in [-0.1, -0.05) is 12.1 Å². The molecule has 1 unspecified atom stereocenters. The van der Waals surface area contributed by atoms with Crippen LogP contribution in [0.3, 0.4) is 0 Å². The molecule has 0 heterocycles. The first-order valence-electron chi connectivity index (χ1n) is 6.86. The molecular formula is C16H20FNO4. The summed E-state index contributed by atoms with van der Waals surface area (Å²) in [6.45, 7) is 5.10. The highest BCUT2D eigenvalue weighted by molar-refractivity contribution is 6.34. The molecular weight excluding hydrogens is 289 g/mol. The fraction of sp³-hybridized carbons (Fsp3) is 0.438. The summed E-state index contributed by atoms with van der Waals surface area (Å²) in [5.41, 5.74) is -0.746. The molecule has 22 heavy (non-hydrogen) atoms. The Morgan fingerprint density at radius 3 is 2.50 bits per heavy atom. The van der Waals surface area contributed by atoms with Crippen LogP contribution in [0.2, 0.25) is 0 Å². The third-order valence-electron chi connectivity index (χ3n) is 2.82. The Morgan fingerprint density at radius 1 is 1.36 bits per heavy atom. The molecule has 0 aliphatic rings. The summed E-state index contributed by atoms with van der Waals surface area (Å²) >= 11 is 0. The highest BCUT2D eigenvalue weighted by atomic mass is 19.1. The third kappa shape index (κ3) is 6.03. The van der Waals surface area contributed by atoms with E-state index >= 15 is 0 Å². The van der Waals surface area contributed by atoms with E-state index in [0.29, 0.717) is 5.56 Å². The van der Waals surface area contributed by atoms with Crippen molar-refractivity contribution in [2.45, 2.75) is 39.2 Å². The Hall–Kier alpha value is -2.24. The lowest BCUT2D eigenvalue weighted by molar-refractivity contribution is -0.159. The van der Waals surface area contributed by atoms with E-state index in [1.807, 2.05) is 0 Å². The third-order valence-corrected chi connectivity index (χ3v) is 2.82. The van der Waals surface area contributed by atoms with Crippen molar-refractivity contribution in [3.05, 3.63) is 35.6 Å². The van der Waals surface area contributed by atoms with Gasteiger partial charge in [0.2, 0.25) is 0 Å². The SMILES string of the molecule is CC(C)(C)OC(=O)C(CC(=N)C(=O)O)Cc1cccc(F)c1. The molecule has 0 saturated heterocycles. The molecule has 2 N–H and O–H groups in total. The van der Waals surface area contributed by atoms with Gasteiger partial charge in [0.15, 0.2) is 0 Å². The van der Waals surface area contributed by atoms with E-state index in [2.05, 4.69) is 0 Å². The molecule has 0 aliphatic heterocycles. The van der Waals surface area contributed by atoms with E-state index in [4.69, 9.17) is 15.3 Å². The quantitative estimate of drug-likeness (QED) is 0.625. The summed E-state index contributed by atoms with van der Waals surface area (Å²) in [5, 5.41) is 16.2. The zero-order chi connectivity index (χ0) is 16.9. The van der Waals surface area contributed by atoms with Gasteiger partial charge in [-0.25, -0.2) is 9.18 Å². The summed E-state index contributed by atoms with van der Waals surface area (Å²) in [5.74, 6) is -3.26. The first-order chi connectivity index (χ1) is 10.1.